The molecule has 0 aromatic heterocycles. The van der Waals surface area contributed by atoms with Gasteiger partial charge in [-0.25, -0.2) is 0 Å². The van der Waals surface area contributed by atoms with E-state index in [1.165, 1.54) is 0 Å². The summed E-state index contributed by atoms with van der Waals surface area (Å²) in [5.41, 5.74) is 0. The molecule has 0 N–H and O–H groups in total. The fraction of sp³-hybridized carbons (Fsp3) is 1.00. The first kappa shape index (κ1) is 6.44. The summed E-state index contributed by atoms with van der Waals surface area (Å²) in [6.45, 7) is 0.625. The van der Waals surface area contributed by atoms with Gasteiger partial charge in [0, 0.05) is 0 Å². The van der Waals surface area contributed by atoms with Gasteiger partial charge in [0.2, 0.25) is 0 Å². The second-order valence-electron chi connectivity index (χ2n) is 1.32. The van der Waals surface area contributed by atoms with Gasteiger partial charge in [-0.1, -0.05) is 0 Å². The molecule has 0 unspecified atom stereocenters. The Morgan fingerprint density at radius 1 is 1.67 bits per heavy atom. The second kappa shape index (κ2) is 3.62. The van der Waals surface area contributed by atoms with Gasteiger partial charge in [-0.3, -0.25) is 0 Å². The van der Waals surface area contributed by atoms with E-state index >= 15 is 0 Å². The normalized spacial score (nSPS) is 10.0. The molecular formula is C3H8MnNO. The Morgan fingerprint density at radius 3 is 2.17 bits per heavy atom. The van der Waals surface area contributed by atoms with Crippen LogP contribution in [0.2, 0.25) is 0 Å². The zero-order valence-electron chi connectivity index (χ0n) is 3.94. The van der Waals surface area contributed by atoms with Crippen molar-refractivity contribution in [1.82, 2.24) is 4.90 Å². The standard InChI is InChI=1S/C3H8NO.Mn/c1-4(2)3-5;/h3H2,1-2H3;/q-1;+1. The van der Waals surface area contributed by atoms with Gasteiger partial charge in [-0.05, 0) is 0 Å². The number of rotatable bonds is 2. The Kier molecular flexibility index (Phi) is 3.89. The van der Waals surface area contributed by atoms with Crippen LogP contribution >= 0.6 is 0 Å². The van der Waals surface area contributed by atoms with Crippen LogP contribution in [0.5, 0.6) is 0 Å². The van der Waals surface area contributed by atoms with Gasteiger partial charge < -0.3 is 0 Å². The van der Waals surface area contributed by atoms with Crippen LogP contribution in [0, 0.1) is 0 Å². The van der Waals surface area contributed by atoms with Crippen molar-refractivity contribution < 1.29 is 20.2 Å². The van der Waals surface area contributed by atoms with E-state index in [2.05, 4.69) is 20.2 Å². The quantitative estimate of drug-likeness (QED) is 0.384. The summed E-state index contributed by atoms with van der Waals surface area (Å²) in [5, 5.41) is 0. The monoisotopic (exact) mass is 129 g/mol. The summed E-state index contributed by atoms with van der Waals surface area (Å²) in [4.78, 5) is 1.91. The van der Waals surface area contributed by atoms with Crippen molar-refractivity contribution in [3.63, 3.8) is 0 Å². The van der Waals surface area contributed by atoms with Gasteiger partial charge in [0.05, 0.1) is 0 Å². The molecule has 0 aliphatic heterocycles. The van der Waals surface area contributed by atoms with E-state index in [-0.39, 0.29) is 0 Å². The first-order chi connectivity index (χ1) is 2.77. The minimum atomic E-state index is 0.625. The van der Waals surface area contributed by atoms with Crippen molar-refractivity contribution in [3.05, 3.63) is 0 Å². The predicted octanol–water partition coefficient (Wildman–Crippen LogP) is -0.0161. The van der Waals surface area contributed by atoms with E-state index in [4.69, 9.17) is 0 Å². The molecule has 0 aromatic carbocycles. The van der Waals surface area contributed by atoms with Crippen LogP contribution in [0.4, 0.5) is 0 Å². The molecule has 0 aliphatic carbocycles. The molecule has 2 nitrogen and oxygen atoms in total. The van der Waals surface area contributed by atoms with Crippen LogP contribution in [-0.2, 0) is 20.2 Å². The summed E-state index contributed by atoms with van der Waals surface area (Å²) in [6, 6.07) is 0. The van der Waals surface area contributed by atoms with E-state index in [1.807, 2.05) is 19.0 Å². The van der Waals surface area contributed by atoms with Gasteiger partial charge in [-0.2, -0.15) is 0 Å². The summed E-state index contributed by atoms with van der Waals surface area (Å²) in [7, 11) is 3.86. The first-order valence-electron chi connectivity index (χ1n) is 1.65. The number of hydrogen-bond donors (Lipinski definition) is 0. The zero-order valence-corrected chi connectivity index (χ0v) is 5.12. The molecule has 0 fully saturated rings. The van der Waals surface area contributed by atoms with Crippen LogP contribution in [0.3, 0.4) is 0 Å². The van der Waals surface area contributed by atoms with E-state index in [9.17, 15) is 0 Å². The molecule has 0 atom stereocenters. The van der Waals surface area contributed by atoms with Crippen molar-refractivity contribution in [2.75, 3.05) is 20.8 Å². The van der Waals surface area contributed by atoms with Crippen molar-refractivity contribution in [3.8, 4) is 0 Å². The van der Waals surface area contributed by atoms with Crippen molar-refractivity contribution in [2.45, 2.75) is 0 Å². The van der Waals surface area contributed by atoms with Crippen LogP contribution in [0.15, 0.2) is 0 Å². The van der Waals surface area contributed by atoms with Crippen molar-refractivity contribution in [1.29, 1.82) is 0 Å². The molecule has 0 aliphatic rings. The van der Waals surface area contributed by atoms with Gasteiger partial charge in [-0.15, -0.1) is 0 Å². The third-order valence-electron chi connectivity index (χ3n) is 0.307. The van der Waals surface area contributed by atoms with E-state index < -0.39 is 0 Å². The molecule has 3 heteroatoms. The molecule has 0 bridgehead atoms. The molecule has 0 spiro atoms. The van der Waals surface area contributed by atoms with Crippen LogP contribution in [-0.4, -0.2) is 25.7 Å². The third-order valence-corrected chi connectivity index (χ3v) is 0.459. The second-order valence-corrected chi connectivity index (χ2v) is 1.66. The predicted molar refractivity (Wildman–Crippen MR) is 19.6 cm³/mol. The van der Waals surface area contributed by atoms with E-state index in [1.54, 1.807) is 0 Å². The summed E-state index contributed by atoms with van der Waals surface area (Å²) in [6.07, 6.45) is 0. The minimum absolute atomic E-state index is 0.625. The third kappa shape index (κ3) is 4.44. The molecule has 0 heterocycles. The fourth-order valence-electron chi connectivity index (χ4n) is 0.0976. The molecule has 0 saturated carbocycles. The number of hydrogen-bond acceptors (Lipinski definition) is 2. The SMILES string of the molecule is CN(C)C[O][Mn]. The van der Waals surface area contributed by atoms with E-state index in [0.717, 1.165) is 0 Å². The molecule has 38 valence electrons. The first-order valence-corrected chi connectivity index (χ1v) is 2.14. The van der Waals surface area contributed by atoms with Crippen LogP contribution in [0.1, 0.15) is 0 Å². The molecular weight excluding hydrogens is 121 g/mol. The zero-order chi connectivity index (χ0) is 4.99. The molecule has 0 radical (unpaired) electrons. The molecule has 6 heavy (non-hydrogen) atoms. The molecule has 0 rings (SSSR count). The average Bonchev–Trinajstić information content (AvgIpc) is 1.35. The summed E-state index contributed by atoms with van der Waals surface area (Å²) < 4.78 is 4.54. The summed E-state index contributed by atoms with van der Waals surface area (Å²) >= 11 is 2.81. The van der Waals surface area contributed by atoms with Gasteiger partial charge in [0.25, 0.3) is 0 Å². The van der Waals surface area contributed by atoms with Crippen molar-refractivity contribution >= 4 is 0 Å². The molecule has 0 amide bonds. The van der Waals surface area contributed by atoms with Crippen molar-refractivity contribution in [2.24, 2.45) is 0 Å². The average molecular weight is 129 g/mol. The Morgan fingerprint density at radius 2 is 2.17 bits per heavy atom. The topological polar surface area (TPSA) is 12.5 Å². The Labute approximate surface area is 46.6 Å². The molecule has 0 saturated heterocycles. The maximum atomic E-state index is 4.54. The van der Waals surface area contributed by atoms with E-state index in [0.29, 0.717) is 6.73 Å². The molecule has 0 aromatic rings. The van der Waals surface area contributed by atoms with Gasteiger partial charge >= 0.3 is 45.9 Å². The Bertz CT molecular complexity index is 32.0. The van der Waals surface area contributed by atoms with Crippen LogP contribution < -0.4 is 0 Å². The number of nitrogens with zero attached hydrogens (tertiary/aromatic N) is 1. The fourth-order valence-corrected chi connectivity index (χ4v) is 0.402. The summed E-state index contributed by atoms with van der Waals surface area (Å²) in [5.74, 6) is 0. The van der Waals surface area contributed by atoms with Crippen LogP contribution in [0.25, 0.3) is 0 Å². The maximum absolute atomic E-state index is 4.54. The van der Waals surface area contributed by atoms with Gasteiger partial charge in [0.1, 0.15) is 0 Å². The Hall–Kier alpha value is 0.439. The van der Waals surface area contributed by atoms with Gasteiger partial charge in [0.15, 0.2) is 0 Å². The Balaban J connectivity index is 2.63.